The molecule has 112 valence electrons. The fourth-order valence-electron chi connectivity index (χ4n) is 1.68. The molecule has 1 aromatic heterocycles. The van der Waals surface area contributed by atoms with E-state index in [2.05, 4.69) is 10.5 Å². The van der Waals surface area contributed by atoms with E-state index >= 15 is 0 Å². The second-order valence-electron chi connectivity index (χ2n) is 5.64. The molecule has 5 nitrogen and oxygen atoms in total. The van der Waals surface area contributed by atoms with Crippen molar-refractivity contribution in [1.82, 2.24) is 10.5 Å². The van der Waals surface area contributed by atoms with Crippen molar-refractivity contribution in [1.29, 1.82) is 0 Å². The molecule has 0 aliphatic carbocycles. The van der Waals surface area contributed by atoms with E-state index in [1.807, 2.05) is 44.2 Å². The summed E-state index contributed by atoms with van der Waals surface area (Å²) < 4.78 is 5.06. The summed E-state index contributed by atoms with van der Waals surface area (Å²) in [5.41, 5.74) is 0.531. The Morgan fingerprint density at radius 1 is 1.38 bits per heavy atom. The number of benzene rings is 1. The van der Waals surface area contributed by atoms with Crippen LogP contribution in [0.2, 0.25) is 0 Å². The Balaban J connectivity index is 2.03. The van der Waals surface area contributed by atoms with Gasteiger partial charge < -0.3 is 14.9 Å². The maximum absolute atomic E-state index is 12.0. The summed E-state index contributed by atoms with van der Waals surface area (Å²) in [7, 11) is 0. The second kappa shape index (κ2) is 6.10. The van der Waals surface area contributed by atoms with Gasteiger partial charge in [-0.15, -0.1) is 0 Å². The van der Waals surface area contributed by atoms with Crippen LogP contribution in [0.1, 0.15) is 31.3 Å². The molecule has 1 aromatic carbocycles. The van der Waals surface area contributed by atoms with E-state index in [9.17, 15) is 9.90 Å². The fraction of sp³-hybridized carbons (Fsp3) is 0.375. The average Bonchev–Trinajstić information content (AvgIpc) is 2.95. The molecule has 1 atom stereocenters. The molecule has 1 heterocycles. The molecule has 0 saturated carbocycles. The summed E-state index contributed by atoms with van der Waals surface area (Å²) in [5, 5.41) is 16.7. The molecule has 0 bridgehead atoms. The van der Waals surface area contributed by atoms with E-state index in [1.165, 1.54) is 0 Å². The van der Waals surface area contributed by atoms with Crippen LogP contribution < -0.4 is 5.32 Å². The van der Waals surface area contributed by atoms with Crippen LogP contribution in [0, 0.1) is 5.92 Å². The molecule has 2 rings (SSSR count). The van der Waals surface area contributed by atoms with Crippen molar-refractivity contribution >= 4 is 5.91 Å². The maximum Gasteiger partial charge on any atom is 0.290 e. The van der Waals surface area contributed by atoms with Gasteiger partial charge in [-0.05, 0) is 12.8 Å². The van der Waals surface area contributed by atoms with E-state index in [-0.39, 0.29) is 24.1 Å². The Labute approximate surface area is 124 Å². The highest BCUT2D eigenvalue weighted by atomic mass is 16.5. The number of hydrogen-bond acceptors (Lipinski definition) is 4. The lowest BCUT2D eigenvalue weighted by Gasteiger charge is -2.27. The summed E-state index contributed by atoms with van der Waals surface area (Å²) in [6.45, 7) is 5.64. The van der Waals surface area contributed by atoms with E-state index in [0.29, 0.717) is 5.69 Å². The van der Waals surface area contributed by atoms with E-state index < -0.39 is 5.60 Å². The molecule has 0 fully saturated rings. The van der Waals surface area contributed by atoms with Gasteiger partial charge in [-0.3, -0.25) is 4.79 Å². The minimum absolute atomic E-state index is 0.0346. The lowest BCUT2D eigenvalue weighted by Crippen LogP contribution is -2.44. The molecule has 2 aromatic rings. The molecular formula is C16H20N2O3. The third-order valence-electron chi connectivity index (χ3n) is 3.65. The zero-order chi connectivity index (χ0) is 15.5. The van der Waals surface area contributed by atoms with Crippen molar-refractivity contribution in [3.63, 3.8) is 0 Å². The summed E-state index contributed by atoms with van der Waals surface area (Å²) in [5.74, 6) is -0.216. The number of carbonyl (C=O) groups is 1. The molecule has 0 aliphatic heterocycles. The lowest BCUT2D eigenvalue weighted by atomic mass is 9.92. The van der Waals surface area contributed by atoms with Gasteiger partial charge >= 0.3 is 0 Å². The summed E-state index contributed by atoms with van der Waals surface area (Å²) in [6, 6.07) is 11.1. The first-order chi connectivity index (χ1) is 9.90. The topological polar surface area (TPSA) is 75.4 Å². The minimum Gasteiger partial charge on any atom is -0.388 e. The highest BCUT2D eigenvalue weighted by Crippen LogP contribution is 2.19. The summed E-state index contributed by atoms with van der Waals surface area (Å²) >= 11 is 0. The Kier molecular flexibility index (Phi) is 4.43. The number of carbonyl (C=O) groups excluding carboxylic acids is 1. The molecule has 1 unspecified atom stereocenters. The quantitative estimate of drug-likeness (QED) is 0.886. The molecule has 21 heavy (non-hydrogen) atoms. The average molecular weight is 288 g/mol. The Bertz CT molecular complexity index is 603. The number of aromatic nitrogens is 1. The van der Waals surface area contributed by atoms with Crippen LogP contribution >= 0.6 is 0 Å². The molecule has 5 heteroatoms. The van der Waals surface area contributed by atoms with Gasteiger partial charge in [-0.2, -0.15) is 0 Å². The fourth-order valence-corrected chi connectivity index (χ4v) is 1.68. The highest BCUT2D eigenvalue weighted by molar-refractivity contribution is 5.92. The van der Waals surface area contributed by atoms with Crippen LogP contribution in [-0.4, -0.2) is 28.3 Å². The second-order valence-corrected chi connectivity index (χ2v) is 5.64. The number of aliphatic hydroxyl groups is 1. The summed E-state index contributed by atoms with van der Waals surface area (Å²) in [6.07, 6.45) is 0. The van der Waals surface area contributed by atoms with Crippen LogP contribution in [0.5, 0.6) is 0 Å². The van der Waals surface area contributed by atoms with E-state index in [4.69, 9.17) is 4.52 Å². The Hall–Kier alpha value is -2.14. The number of rotatable bonds is 5. The smallest absolute Gasteiger partial charge is 0.290 e. The molecule has 0 spiro atoms. The zero-order valence-electron chi connectivity index (χ0n) is 12.5. The number of nitrogens with zero attached hydrogens (tertiary/aromatic N) is 1. The van der Waals surface area contributed by atoms with Crippen molar-refractivity contribution in [2.75, 3.05) is 6.54 Å². The van der Waals surface area contributed by atoms with Gasteiger partial charge in [0.25, 0.3) is 5.91 Å². The van der Waals surface area contributed by atoms with Gasteiger partial charge in [0.05, 0.1) is 5.60 Å². The SMILES string of the molecule is CC(C)C(C)(O)CNC(=O)c1cc(-c2ccccc2)no1. The predicted molar refractivity (Wildman–Crippen MR) is 79.7 cm³/mol. The molecule has 0 radical (unpaired) electrons. The van der Waals surface area contributed by atoms with Crippen molar-refractivity contribution < 1.29 is 14.4 Å². The Morgan fingerprint density at radius 2 is 2.05 bits per heavy atom. The maximum atomic E-state index is 12.0. The van der Waals surface area contributed by atoms with Crippen LogP contribution in [0.25, 0.3) is 11.3 Å². The van der Waals surface area contributed by atoms with Crippen LogP contribution in [-0.2, 0) is 0 Å². The molecule has 1 amide bonds. The monoisotopic (exact) mass is 288 g/mol. The molecular weight excluding hydrogens is 268 g/mol. The molecule has 0 saturated heterocycles. The van der Waals surface area contributed by atoms with Crippen LogP contribution in [0.4, 0.5) is 0 Å². The van der Waals surface area contributed by atoms with E-state index in [0.717, 1.165) is 5.56 Å². The van der Waals surface area contributed by atoms with Crippen molar-refractivity contribution in [2.24, 2.45) is 5.92 Å². The summed E-state index contributed by atoms with van der Waals surface area (Å²) in [4.78, 5) is 12.0. The van der Waals surface area contributed by atoms with E-state index in [1.54, 1.807) is 13.0 Å². The largest absolute Gasteiger partial charge is 0.388 e. The van der Waals surface area contributed by atoms with Gasteiger partial charge in [-0.1, -0.05) is 49.3 Å². The third-order valence-corrected chi connectivity index (χ3v) is 3.65. The van der Waals surface area contributed by atoms with Gasteiger partial charge in [0.15, 0.2) is 0 Å². The highest BCUT2D eigenvalue weighted by Gasteiger charge is 2.26. The minimum atomic E-state index is -0.960. The standard InChI is InChI=1S/C16H20N2O3/c1-11(2)16(3,20)10-17-15(19)14-9-13(18-21-14)12-7-5-4-6-8-12/h4-9,11,20H,10H2,1-3H3,(H,17,19). The van der Waals surface area contributed by atoms with Gasteiger partial charge in [0.2, 0.25) is 5.76 Å². The third kappa shape index (κ3) is 3.70. The number of hydrogen-bond donors (Lipinski definition) is 2. The first-order valence-corrected chi connectivity index (χ1v) is 6.93. The van der Waals surface area contributed by atoms with Gasteiger partial charge in [0.1, 0.15) is 5.69 Å². The lowest BCUT2D eigenvalue weighted by molar-refractivity contribution is 0.0139. The predicted octanol–water partition coefficient (Wildman–Crippen LogP) is 2.48. The first kappa shape index (κ1) is 15.3. The molecule has 2 N–H and O–H groups in total. The first-order valence-electron chi connectivity index (χ1n) is 6.93. The number of nitrogens with one attached hydrogen (secondary N) is 1. The van der Waals surface area contributed by atoms with Crippen molar-refractivity contribution in [3.8, 4) is 11.3 Å². The van der Waals surface area contributed by atoms with Crippen molar-refractivity contribution in [2.45, 2.75) is 26.4 Å². The van der Waals surface area contributed by atoms with Crippen LogP contribution in [0.15, 0.2) is 40.9 Å². The van der Waals surface area contributed by atoms with Crippen molar-refractivity contribution in [3.05, 3.63) is 42.2 Å². The number of amides is 1. The van der Waals surface area contributed by atoms with Gasteiger partial charge in [-0.25, -0.2) is 0 Å². The van der Waals surface area contributed by atoms with Gasteiger partial charge in [0, 0.05) is 18.2 Å². The van der Waals surface area contributed by atoms with Crippen LogP contribution in [0.3, 0.4) is 0 Å². The molecule has 0 aliphatic rings. The zero-order valence-corrected chi connectivity index (χ0v) is 12.5. The Morgan fingerprint density at radius 3 is 2.67 bits per heavy atom. The normalized spacial score (nSPS) is 14.0.